The van der Waals surface area contributed by atoms with E-state index in [1.165, 1.54) is 12.8 Å². The van der Waals surface area contributed by atoms with Crippen LogP contribution in [0.4, 0.5) is 0 Å². The molecule has 0 amide bonds. The van der Waals surface area contributed by atoms with Crippen molar-refractivity contribution in [3.8, 4) is 0 Å². The highest BCUT2D eigenvalue weighted by atomic mass is 31.1. The monoisotopic (exact) mass is 128 g/mol. The first-order valence-corrected chi connectivity index (χ1v) is 3.77. The van der Waals surface area contributed by atoms with Gasteiger partial charge >= 0.3 is 0 Å². The molecule has 0 radical (unpaired) electrons. The minimum Gasteiger partial charge on any atom is -0.270 e. The Morgan fingerprint density at radius 2 is 2.38 bits per heavy atom. The van der Waals surface area contributed by atoms with Crippen LogP contribution in [0.1, 0.15) is 25.7 Å². The zero-order valence-electron chi connectivity index (χ0n) is 4.76. The highest BCUT2D eigenvalue weighted by molar-refractivity contribution is 7.29. The standard InChI is InChI=1S/C6H9OP/c7-8-6-4-2-1-3-5-6/h4H,1-3,5H2. The number of rotatable bonds is 1. The lowest BCUT2D eigenvalue weighted by Crippen LogP contribution is -1.83. The van der Waals surface area contributed by atoms with Gasteiger partial charge in [-0.2, -0.15) is 0 Å². The van der Waals surface area contributed by atoms with E-state index in [4.69, 9.17) is 0 Å². The number of hydrogen-bond acceptors (Lipinski definition) is 1. The summed E-state index contributed by atoms with van der Waals surface area (Å²) < 4.78 is 10.2. The number of allylic oxidation sites excluding steroid dienone is 2. The Hall–Kier alpha value is -0.160. The molecule has 1 aliphatic rings. The summed E-state index contributed by atoms with van der Waals surface area (Å²) in [5, 5.41) is 1.09. The second kappa shape index (κ2) is 2.99. The maximum Gasteiger partial charge on any atom is 0.187 e. The SMILES string of the molecule is O=PC1=CCCCC1. The fourth-order valence-electron chi connectivity index (χ4n) is 0.904. The van der Waals surface area contributed by atoms with E-state index in [2.05, 4.69) is 6.08 Å². The van der Waals surface area contributed by atoms with Crippen molar-refractivity contribution in [2.24, 2.45) is 0 Å². The molecule has 44 valence electrons. The van der Waals surface area contributed by atoms with Crippen LogP contribution in [0.5, 0.6) is 0 Å². The van der Waals surface area contributed by atoms with Crippen molar-refractivity contribution in [3.05, 3.63) is 11.4 Å². The van der Waals surface area contributed by atoms with E-state index in [9.17, 15) is 4.57 Å². The molecule has 0 N–H and O–H groups in total. The Morgan fingerprint density at radius 3 is 2.75 bits per heavy atom. The van der Waals surface area contributed by atoms with Gasteiger partial charge < -0.3 is 0 Å². The average Bonchev–Trinajstić information content (AvgIpc) is 1.90. The highest BCUT2D eigenvalue weighted by Gasteiger charge is 2.00. The van der Waals surface area contributed by atoms with Crippen molar-refractivity contribution in [3.63, 3.8) is 0 Å². The molecule has 8 heavy (non-hydrogen) atoms. The van der Waals surface area contributed by atoms with E-state index >= 15 is 0 Å². The van der Waals surface area contributed by atoms with Crippen LogP contribution >= 0.6 is 8.46 Å². The first-order valence-electron chi connectivity index (χ1n) is 2.96. The lowest BCUT2D eigenvalue weighted by molar-refractivity contribution is 0.598. The summed E-state index contributed by atoms with van der Waals surface area (Å²) in [6.07, 6.45) is 6.76. The van der Waals surface area contributed by atoms with Gasteiger partial charge in [0, 0.05) is 5.31 Å². The van der Waals surface area contributed by atoms with Crippen LogP contribution < -0.4 is 0 Å². The van der Waals surface area contributed by atoms with Crippen LogP contribution in [0.3, 0.4) is 0 Å². The van der Waals surface area contributed by atoms with Crippen LogP contribution in [0.25, 0.3) is 0 Å². The fourth-order valence-corrected chi connectivity index (χ4v) is 1.36. The Labute approximate surface area is 51.0 Å². The van der Waals surface area contributed by atoms with Crippen molar-refractivity contribution in [1.82, 2.24) is 0 Å². The van der Waals surface area contributed by atoms with Crippen molar-refractivity contribution >= 4 is 8.46 Å². The lowest BCUT2D eigenvalue weighted by atomic mass is 10.1. The molecular weight excluding hydrogens is 119 g/mol. The van der Waals surface area contributed by atoms with Crippen molar-refractivity contribution < 1.29 is 4.57 Å². The Kier molecular flexibility index (Phi) is 2.23. The van der Waals surface area contributed by atoms with Gasteiger partial charge in [-0.25, -0.2) is 0 Å². The van der Waals surface area contributed by atoms with E-state index in [-0.39, 0.29) is 8.46 Å². The average molecular weight is 128 g/mol. The smallest absolute Gasteiger partial charge is 0.187 e. The van der Waals surface area contributed by atoms with Gasteiger partial charge in [0.05, 0.1) is 0 Å². The Morgan fingerprint density at radius 1 is 1.50 bits per heavy atom. The maximum absolute atomic E-state index is 10.2. The zero-order valence-corrected chi connectivity index (χ0v) is 5.66. The molecular formula is C6H9OP. The van der Waals surface area contributed by atoms with Gasteiger partial charge in [0.15, 0.2) is 8.46 Å². The summed E-state index contributed by atoms with van der Waals surface area (Å²) in [5.74, 6) is 0. The molecule has 0 aromatic rings. The lowest BCUT2D eigenvalue weighted by Gasteiger charge is -2.03. The Bertz CT molecular complexity index is 118. The van der Waals surface area contributed by atoms with Crippen LogP contribution in [0.2, 0.25) is 0 Å². The van der Waals surface area contributed by atoms with Crippen molar-refractivity contribution in [2.45, 2.75) is 25.7 Å². The summed E-state index contributed by atoms with van der Waals surface area (Å²) in [7, 11) is 0.237. The molecule has 0 unspecified atom stereocenters. The third kappa shape index (κ3) is 1.41. The van der Waals surface area contributed by atoms with Gasteiger partial charge in [-0.05, 0) is 25.7 Å². The van der Waals surface area contributed by atoms with E-state index in [1.807, 2.05) is 0 Å². The minimum absolute atomic E-state index is 0.237. The van der Waals surface area contributed by atoms with Gasteiger partial charge in [-0.1, -0.05) is 6.08 Å². The molecule has 0 aliphatic heterocycles. The molecule has 0 bridgehead atoms. The molecule has 0 aromatic carbocycles. The van der Waals surface area contributed by atoms with Crippen LogP contribution in [-0.4, -0.2) is 0 Å². The highest BCUT2D eigenvalue weighted by Crippen LogP contribution is 2.24. The van der Waals surface area contributed by atoms with E-state index < -0.39 is 0 Å². The molecule has 0 saturated carbocycles. The predicted molar refractivity (Wildman–Crippen MR) is 34.2 cm³/mol. The number of hydrogen-bond donors (Lipinski definition) is 0. The summed E-state index contributed by atoms with van der Waals surface area (Å²) in [6, 6.07) is 0. The van der Waals surface area contributed by atoms with E-state index in [0.29, 0.717) is 0 Å². The molecule has 0 fully saturated rings. The second-order valence-electron chi connectivity index (χ2n) is 2.03. The van der Waals surface area contributed by atoms with Gasteiger partial charge in [0.25, 0.3) is 0 Å². The molecule has 0 heterocycles. The normalized spacial score (nSPS) is 20.8. The van der Waals surface area contributed by atoms with Crippen molar-refractivity contribution in [1.29, 1.82) is 0 Å². The summed E-state index contributed by atoms with van der Waals surface area (Å²) in [4.78, 5) is 0. The quantitative estimate of drug-likeness (QED) is 0.496. The van der Waals surface area contributed by atoms with E-state index in [0.717, 1.165) is 18.2 Å². The van der Waals surface area contributed by atoms with Crippen molar-refractivity contribution in [2.75, 3.05) is 0 Å². The van der Waals surface area contributed by atoms with Gasteiger partial charge in [0.2, 0.25) is 0 Å². The third-order valence-corrected chi connectivity index (χ3v) is 2.02. The molecule has 1 aliphatic carbocycles. The molecule has 0 atom stereocenters. The van der Waals surface area contributed by atoms with Crippen LogP contribution in [0.15, 0.2) is 11.4 Å². The summed E-state index contributed by atoms with van der Waals surface area (Å²) in [5.41, 5.74) is 0. The molecule has 1 nitrogen and oxygen atoms in total. The van der Waals surface area contributed by atoms with Gasteiger partial charge in [-0.3, -0.25) is 4.57 Å². The predicted octanol–water partition coefficient (Wildman–Crippen LogP) is 2.74. The first kappa shape index (κ1) is 5.97. The minimum atomic E-state index is 0.237. The summed E-state index contributed by atoms with van der Waals surface area (Å²) >= 11 is 0. The topological polar surface area (TPSA) is 17.1 Å². The van der Waals surface area contributed by atoms with Gasteiger partial charge in [0.1, 0.15) is 0 Å². The molecule has 2 heteroatoms. The second-order valence-corrected chi connectivity index (χ2v) is 2.79. The largest absolute Gasteiger partial charge is 0.270 e. The van der Waals surface area contributed by atoms with Gasteiger partial charge in [-0.15, -0.1) is 0 Å². The fraction of sp³-hybridized carbons (Fsp3) is 0.667. The molecule has 0 saturated heterocycles. The molecule has 1 rings (SSSR count). The van der Waals surface area contributed by atoms with Crippen LogP contribution in [-0.2, 0) is 4.57 Å². The maximum atomic E-state index is 10.2. The molecule has 0 spiro atoms. The third-order valence-electron chi connectivity index (χ3n) is 1.38. The first-order chi connectivity index (χ1) is 3.93. The zero-order chi connectivity index (χ0) is 5.82. The van der Waals surface area contributed by atoms with Crippen LogP contribution in [0, 0.1) is 0 Å². The molecule has 0 aromatic heterocycles. The summed E-state index contributed by atoms with van der Waals surface area (Å²) in [6.45, 7) is 0. The van der Waals surface area contributed by atoms with E-state index in [1.54, 1.807) is 0 Å². The Balaban J connectivity index is 2.49.